The van der Waals surface area contributed by atoms with Gasteiger partial charge in [0.2, 0.25) is 0 Å². The number of hydrogen-bond donors (Lipinski definition) is 3. The van der Waals surface area contributed by atoms with Crippen molar-refractivity contribution >= 4 is 29.9 Å². The Hall–Kier alpha value is -1.83. The van der Waals surface area contributed by atoms with Crippen LogP contribution in [0, 0.1) is 5.82 Å². The monoisotopic (exact) mass is 469 g/mol. The fourth-order valence-electron chi connectivity index (χ4n) is 2.95. The van der Waals surface area contributed by atoms with Gasteiger partial charge in [0.1, 0.15) is 11.6 Å². The molecule has 2 aromatic carbocycles. The van der Waals surface area contributed by atoms with Crippen molar-refractivity contribution in [2.75, 3.05) is 13.1 Å². The molecule has 1 saturated carbocycles. The van der Waals surface area contributed by atoms with E-state index in [2.05, 4.69) is 15.6 Å². The van der Waals surface area contributed by atoms with Gasteiger partial charge in [-0.05, 0) is 49.1 Å². The molecule has 0 spiro atoms. The number of phenols is 1. The molecule has 0 radical (unpaired) electrons. The van der Waals surface area contributed by atoms with Crippen LogP contribution in [-0.4, -0.2) is 24.2 Å². The van der Waals surface area contributed by atoms with Gasteiger partial charge < -0.3 is 15.7 Å². The number of rotatable bonds is 6. The summed E-state index contributed by atoms with van der Waals surface area (Å²) >= 11 is 0. The van der Waals surface area contributed by atoms with Gasteiger partial charge >= 0.3 is 0 Å². The molecular formula is C20H25FIN3O. The number of nitrogens with one attached hydrogen (secondary N) is 2. The van der Waals surface area contributed by atoms with Crippen molar-refractivity contribution in [3.63, 3.8) is 0 Å². The second-order valence-corrected chi connectivity index (χ2v) is 6.48. The van der Waals surface area contributed by atoms with Crippen molar-refractivity contribution in [2.45, 2.75) is 31.7 Å². The molecule has 1 aliphatic rings. The SMILES string of the molecule is CCNC(=NCc1ccc(O)cc1)NCC1(c2ccccc2F)CC1.I. The molecule has 0 saturated heterocycles. The average Bonchev–Trinajstić information content (AvgIpc) is 3.40. The van der Waals surface area contributed by atoms with Crippen molar-refractivity contribution in [1.29, 1.82) is 0 Å². The van der Waals surface area contributed by atoms with Gasteiger partial charge in [-0.3, -0.25) is 0 Å². The number of phenolic OH excluding ortho intramolecular Hbond substituents is 1. The first kappa shape index (κ1) is 20.5. The average molecular weight is 469 g/mol. The summed E-state index contributed by atoms with van der Waals surface area (Å²) < 4.78 is 14.1. The highest BCUT2D eigenvalue weighted by atomic mass is 127. The maximum atomic E-state index is 14.1. The Labute approximate surface area is 171 Å². The van der Waals surface area contributed by atoms with Crippen LogP contribution in [0.3, 0.4) is 0 Å². The maximum absolute atomic E-state index is 14.1. The molecule has 3 N–H and O–H groups in total. The van der Waals surface area contributed by atoms with Crippen LogP contribution in [0.4, 0.5) is 4.39 Å². The maximum Gasteiger partial charge on any atom is 0.191 e. The van der Waals surface area contributed by atoms with Gasteiger partial charge in [-0.15, -0.1) is 24.0 Å². The molecule has 0 heterocycles. The van der Waals surface area contributed by atoms with Crippen molar-refractivity contribution in [2.24, 2.45) is 4.99 Å². The third kappa shape index (κ3) is 5.09. The van der Waals surface area contributed by atoms with Crippen LogP contribution >= 0.6 is 24.0 Å². The van der Waals surface area contributed by atoms with E-state index >= 15 is 0 Å². The molecular weight excluding hydrogens is 444 g/mol. The molecule has 0 aliphatic heterocycles. The molecule has 1 aliphatic carbocycles. The first-order valence-electron chi connectivity index (χ1n) is 8.68. The third-order valence-corrected chi connectivity index (χ3v) is 4.59. The van der Waals surface area contributed by atoms with Gasteiger partial charge in [-0.2, -0.15) is 0 Å². The van der Waals surface area contributed by atoms with Crippen LogP contribution in [0.2, 0.25) is 0 Å². The number of guanidine groups is 1. The van der Waals surface area contributed by atoms with Crippen molar-refractivity contribution in [1.82, 2.24) is 10.6 Å². The van der Waals surface area contributed by atoms with Gasteiger partial charge in [0.25, 0.3) is 0 Å². The second kappa shape index (κ2) is 9.21. The van der Waals surface area contributed by atoms with E-state index in [-0.39, 0.29) is 41.0 Å². The van der Waals surface area contributed by atoms with Crippen LogP contribution in [0.1, 0.15) is 30.9 Å². The van der Waals surface area contributed by atoms with Crippen LogP contribution in [-0.2, 0) is 12.0 Å². The minimum Gasteiger partial charge on any atom is -0.508 e. The summed E-state index contributed by atoms with van der Waals surface area (Å²) in [6.45, 7) is 3.95. The Morgan fingerprint density at radius 1 is 1.12 bits per heavy atom. The summed E-state index contributed by atoms with van der Waals surface area (Å²) in [5, 5.41) is 15.9. The van der Waals surface area contributed by atoms with E-state index in [9.17, 15) is 9.50 Å². The van der Waals surface area contributed by atoms with E-state index in [1.165, 1.54) is 6.07 Å². The normalized spacial score (nSPS) is 15.1. The van der Waals surface area contributed by atoms with E-state index in [0.717, 1.165) is 36.5 Å². The van der Waals surface area contributed by atoms with E-state index < -0.39 is 0 Å². The zero-order chi connectivity index (χ0) is 17.7. The van der Waals surface area contributed by atoms with Crippen molar-refractivity contribution in [3.8, 4) is 5.75 Å². The quantitative estimate of drug-likeness (QED) is 0.342. The fraction of sp³-hybridized carbons (Fsp3) is 0.350. The van der Waals surface area contributed by atoms with Crippen LogP contribution in [0.5, 0.6) is 5.75 Å². The summed E-state index contributed by atoms with van der Waals surface area (Å²) in [5.41, 5.74) is 1.68. The summed E-state index contributed by atoms with van der Waals surface area (Å²) in [7, 11) is 0. The summed E-state index contributed by atoms with van der Waals surface area (Å²) in [4.78, 5) is 4.58. The minimum absolute atomic E-state index is 0. The zero-order valence-electron chi connectivity index (χ0n) is 14.8. The Balaban J connectivity index is 0.00000243. The number of aromatic hydroxyl groups is 1. The lowest BCUT2D eigenvalue weighted by Crippen LogP contribution is -2.41. The first-order valence-corrected chi connectivity index (χ1v) is 8.68. The van der Waals surface area contributed by atoms with E-state index in [1.807, 2.05) is 31.2 Å². The molecule has 3 rings (SSSR count). The lowest BCUT2D eigenvalue weighted by atomic mass is 9.95. The molecule has 0 atom stereocenters. The smallest absolute Gasteiger partial charge is 0.191 e. The number of benzene rings is 2. The summed E-state index contributed by atoms with van der Waals surface area (Å²) in [6.07, 6.45) is 1.97. The highest BCUT2D eigenvalue weighted by Gasteiger charge is 2.45. The van der Waals surface area contributed by atoms with Crippen molar-refractivity contribution < 1.29 is 9.50 Å². The van der Waals surface area contributed by atoms with Gasteiger partial charge in [0.05, 0.1) is 6.54 Å². The first-order chi connectivity index (χ1) is 12.1. The molecule has 1 fully saturated rings. The predicted molar refractivity (Wildman–Crippen MR) is 114 cm³/mol. The fourth-order valence-corrected chi connectivity index (χ4v) is 2.95. The largest absolute Gasteiger partial charge is 0.508 e. The number of hydrogen-bond acceptors (Lipinski definition) is 2. The lowest BCUT2D eigenvalue weighted by molar-refractivity contribution is 0.475. The minimum atomic E-state index is -0.132. The topological polar surface area (TPSA) is 56.7 Å². The number of halogens is 2. The van der Waals surface area contributed by atoms with E-state index in [4.69, 9.17) is 0 Å². The molecule has 140 valence electrons. The molecule has 2 aromatic rings. The zero-order valence-corrected chi connectivity index (χ0v) is 17.2. The van der Waals surface area contributed by atoms with Gasteiger partial charge in [0, 0.05) is 18.5 Å². The molecule has 0 amide bonds. The summed E-state index contributed by atoms with van der Waals surface area (Å²) in [5.74, 6) is 0.837. The molecule has 0 unspecified atom stereocenters. The van der Waals surface area contributed by atoms with Gasteiger partial charge in [0.15, 0.2) is 5.96 Å². The standard InChI is InChI=1S/C20H24FN3O.HI/c1-2-22-19(23-13-15-7-9-16(25)10-8-15)24-14-20(11-12-20)17-5-3-4-6-18(17)21;/h3-10,25H,2,11-14H2,1H3,(H2,22,23,24);1H. The van der Waals surface area contributed by atoms with Crippen molar-refractivity contribution in [3.05, 3.63) is 65.5 Å². The van der Waals surface area contributed by atoms with E-state index in [1.54, 1.807) is 18.2 Å². The Kier molecular flexibility index (Phi) is 7.25. The molecule has 4 nitrogen and oxygen atoms in total. The molecule has 26 heavy (non-hydrogen) atoms. The second-order valence-electron chi connectivity index (χ2n) is 6.48. The molecule has 0 aromatic heterocycles. The Morgan fingerprint density at radius 3 is 2.42 bits per heavy atom. The van der Waals surface area contributed by atoms with Crippen LogP contribution < -0.4 is 10.6 Å². The highest BCUT2D eigenvalue weighted by Crippen LogP contribution is 2.48. The van der Waals surface area contributed by atoms with Crippen LogP contribution in [0.15, 0.2) is 53.5 Å². The summed E-state index contributed by atoms with van der Waals surface area (Å²) in [6, 6.07) is 14.0. The Bertz CT molecular complexity index is 745. The molecule has 0 bridgehead atoms. The van der Waals surface area contributed by atoms with Gasteiger partial charge in [-0.25, -0.2) is 9.38 Å². The number of nitrogens with zero attached hydrogens (tertiary/aromatic N) is 1. The predicted octanol–water partition coefficient (Wildman–Crippen LogP) is 3.94. The highest BCUT2D eigenvalue weighted by molar-refractivity contribution is 14.0. The van der Waals surface area contributed by atoms with Gasteiger partial charge in [-0.1, -0.05) is 30.3 Å². The van der Waals surface area contributed by atoms with Crippen LogP contribution in [0.25, 0.3) is 0 Å². The number of aliphatic imine (C=N–C) groups is 1. The third-order valence-electron chi connectivity index (χ3n) is 4.59. The Morgan fingerprint density at radius 2 is 1.81 bits per heavy atom. The lowest BCUT2D eigenvalue weighted by Gasteiger charge is -2.19. The van der Waals surface area contributed by atoms with E-state index in [0.29, 0.717) is 13.1 Å². The molecule has 6 heteroatoms.